The Labute approximate surface area is 145 Å². The third-order valence-corrected chi connectivity index (χ3v) is 4.47. The quantitative estimate of drug-likeness (QED) is 0.826. The second-order valence-corrected chi connectivity index (χ2v) is 6.21. The first kappa shape index (κ1) is 16.0. The van der Waals surface area contributed by atoms with Crippen molar-refractivity contribution in [3.8, 4) is 0 Å². The maximum atomic E-state index is 12.9. The van der Waals surface area contributed by atoms with Crippen LogP contribution in [0.2, 0.25) is 5.02 Å². The highest BCUT2D eigenvalue weighted by atomic mass is 35.5. The SMILES string of the molecule is Fc1ccc(NC(=S)N2CCN(c3ccc(Cl)cc3)CC2)cc1. The zero-order valence-electron chi connectivity index (χ0n) is 12.5. The van der Waals surface area contributed by atoms with Crippen molar-refractivity contribution in [1.82, 2.24) is 4.90 Å². The van der Waals surface area contributed by atoms with Crippen molar-refractivity contribution >= 4 is 40.3 Å². The molecule has 1 saturated heterocycles. The van der Waals surface area contributed by atoms with Crippen molar-refractivity contribution < 1.29 is 4.39 Å². The molecule has 0 saturated carbocycles. The van der Waals surface area contributed by atoms with Crippen LogP contribution in [0.3, 0.4) is 0 Å². The van der Waals surface area contributed by atoms with Crippen LogP contribution in [-0.4, -0.2) is 36.2 Å². The van der Waals surface area contributed by atoms with Crippen molar-refractivity contribution in [2.75, 3.05) is 36.4 Å². The third-order valence-electron chi connectivity index (χ3n) is 3.85. The molecule has 1 aliphatic heterocycles. The number of hydrogen-bond donors (Lipinski definition) is 1. The van der Waals surface area contributed by atoms with Crippen molar-refractivity contribution in [3.05, 3.63) is 59.4 Å². The van der Waals surface area contributed by atoms with Gasteiger partial charge in [0.05, 0.1) is 0 Å². The molecule has 3 rings (SSSR count). The van der Waals surface area contributed by atoms with Crippen molar-refractivity contribution in [2.45, 2.75) is 0 Å². The predicted molar refractivity (Wildman–Crippen MR) is 97.9 cm³/mol. The number of nitrogens with zero attached hydrogens (tertiary/aromatic N) is 2. The Morgan fingerprint density at radius 2 is 1.57 bits per heavy atom. The van der Waals surface area contributed by atoms with E-state index in [2.05, 4.69) is 15.1 Å². The molecule has 3 nitrogen and oxygen atoms in total. The van der Waals surface area contributed by atoms with Crippen LogP contribution in [0.15, 0.2) is 48.5 Å². The van der Waals surface area contributed by atoms with Gasteiger partial charge < -0.3 is 15.1 Å². The van der Waals surface area contributed by atoms with Gasteiger partial charge in [0.25, 0.3) is 0 Å². The van der Waals surface area contributed by atoms with Gasteiger partial charge in [0.15, 0.2) is 5.11 Å². The summed E-state index contributed by atoms with van der Waals surface area (Å²) in [6.07, 6.45) is 0. The van der Waals surface area contributed by atoms with E-state index >= 15 is 0 Å². The first-order valence-corrected chi connectivity index (χ1v) is 8.22. The van der Waals surface area contributed by atoms with Gasteiger partial charge in [-0.15, -0.1) is 0 Å². The van der Waals surface area contributed by atoms with Gasteiger partial charge in [0.2, 0.25) is 0 Å². The summed E-state index contributed by atoms with van der Waals surface area (Å²) in [5, 5.41) is 4.58. The van der Waals surface area contributed by atoms with E-state index in [0.29, 0.717) is 5.11 Å². The van der Waals surface area contributed by atoms with Gasteiger partial charge in [-0.1, -0.05) is 11.6 Å². The number of hydrogen-bond acceptors (Lipinski definition) is 2. The van der Waals surface area contributed by atoms with Crippen LogP contribution < -0.4 is 10.2 Å². The molecule has 2 aromatic carbocycles. The molecule has 0 spiro atoms. The average molecular weight is 350 g/mol. The topological polar surface area (TPSA) is 18.5 Å². The highest BCUT2D eigenvalue weighted by molar-refractivity contribution is 7.80. The van der Waals surface area contributed by atoms with Crippen LogP contribution in [0.25, 0.3) is 0 Å². The molecule has 1 heterocycles. The van der Waals surface area contributed by atoms with Crippen molar-refractivity contribution in [1.29, 1.82) is 0 Å². The molecule has 0 aliphatic carbocycles. The molecule has 0 atom stereocenters. The predicted octanol–water partition coefficient (Wildman–Crippen LogP) is 4.00. The number of benzene rings is 2. The monoisotopic (exact) mass is 349 g/mol. The Morgan fingerprint density at radius 3 is 2.17 bits per heavy atom. The molecular formula is C17H17ClFN3S. The van der Waals surface area contributed by atoms with Gasteiger partial charge >= 0.3 is 0 Å². The van der Waals surface area contributed by atoms with E-state index in [1.165, 1.54) is 17.8 Å². The number of anilines is 2. The molecular weight excluding hydrogens is 333 g/mol. The standard InChI is InChI=1S/C17H17ClFN3S/c18-13-1-7-16(8-2-13)21-9-11-22(12-10-21)17(23)20-15-5-3-14(19)4-6-15/h1-8H,9-12H2,(H,20,23). The van der Waals surface area contributed by atoms with E-state index < -0.39 is 0 Å². The molecule has 0 bridgehead atoms. The van der Waals surface area contributed by atoms with Gasteiger partial charge in [-0.3, -0.25) is 0 Å². The maximum Gasteiger partial charge on any atom is 0.173 e. The Bertz CT molecular complexity index is 667. The van der Waals surface area contributed by atoms with E-state index in [4.69, 9.17) is 23.8 Å². The van der Waals surface area contributed by atoms with Crippen LogP contribution in [-0.2, 0) is 0 Å². The molecule has 120 valence electrons. The minimum absolute atomic E-state index is 0.252. The molecule has 2 aromatic rings. The molecule has 0 radical (unpaired) electrons. The number of thiocarbonyl (C=S) groups is 1. The first-order valence-electron chi connectivity index (χ1n) is 7.44. The summed E-state index contributed by atoms with van der Waals surface area (Å²) in [6.45, 7) is 3.48. The summed E-state index contributed by atoms with van der Waals surface area (Å²) in [6, 6.07) is 14.1. The molecule has 6 heteroatoms. The second-order valence-electron chi connectivity index (χ2n) is 5.39. The van der Waals surface area contributed by atoms with Crippen LogP contribution in [0.5, 0.6) is 0 Å². The van der Waals surface area contributed by atoms with E-state index in [1.54, 1.807) is 12.1 Å². The highest BCUT2D eigenvalue weighted by Gasteiger charge is 2.19. The Balaban J connectivity index is 1.54. The van der Waals surface area contributed by atoms with Gasteiger partial charge in [0.1, 0.15) is 5.82 Å². The lowest BCUT2D eigenvalue weighted by Gasteiger charge is -2.37. The summed E-state index contributed by atoms with van der Waals surface area (Å²) in [7, 11) is 0. The smallest absolute Gasteiger partial charge is 0.173 e. The number of rotatable bonds is 2. The second kappa shape index (κ2) is 7.15. The van der Waals surface area contributed by atoms with Crippen LogP contribution in [0.4, 0.5) is 15.8 Å². The molecule has 0 amide bonds. The van der Waals surface area contributed by atoms with E-state index in [1.807, 2.05) is 24.3 Å². The highest BCUT2D eigenvalue weighted by Crippen LogP contribution is 2.20. The summed E-state index contributed by atoms with van der Waals surface area (Å²) in [5.41, 5.74) is 1.97. The molecule has 1 aliphatic rings. The van der Waals surface area contributed by atoms with Gasteiger partial charge in [-0.25, -0.2) is 4.39 Å². The van der Waals surface area contributed by atoms with Crippen LogP contribution in [0, 0.1) is 5.82 Å². The molecule has 23 heavy (non-hydrogen) atoms. The van der Waals surface area contributed by atoms with Crippen molar-refractivity contribution in [3.63, 3.8) is 0 Å². The summed E-state index contributed by atoms with van der Waals surface area (Å²) < 4.78 is 12.9. The normalized spacial score (nSPS) is 14.7. The lowest BCUT2D eigenvalue weighted by molar-refractivity contribution is 0.391. The molecule has 1 N–H and O–H groups in total. The van der Waals surface area contributed by atoms with E-state index in [9.17, 15) is 4.39 Å². The zero-order valence-corrected chi connectivity index (χ0v) is 14.1. The summed E-state index contributed by atoms with van der Waals surface area (Å²) in [4.78, 5) is 4.44. The number of nitrogens with one attached hydrogen (secondary N) is 1. The molecule has 0 unspecified atom stereocenters. The van der Waals surface area contributed by atoms with Crippen molar-refractivity contribution in [2.24, 2.45) is 0 Å². The molecule has 1 fully saturated rings. The van der Waals surface area contributed by atoms with E-state index in [-0.39, 0.29) is 5.82 Å². The minimum Gasteiger partial charge on any atom is -0.368 e. The fourth-order valence-corrected chi connectivity index (χ4v) is 2.98. The largest absolute Gasteiger partial charge is 0.368 e. The zero-order chi connectivity index (χ0) is 16.2. The maximum absolute atomic E-state index is 12.9. The summed E-state index contributed by atoms with van der Waals surface area (Å²) >= 11 is 11.4. The van der Waals surface area contributed by atoms with E-state index in [0.717, 1.165) is 36.9 Å². The Kier molecular flexibility index (Phi) is 4.98. The van der Waals surface area contributed by atoms with Gasteiger partial charge in [-0.05, 0) is 60.7 Å². The number of halogens is 2. The Morgan fingerprint density at radius 1 is 0.957 bits per heavy atom. The average Bonchev–Trinajstić information content (AvgIpc) is 2.58. The third kappa shape index (κ3) is 4.12. The fourth-order valence-electron chi connectivity index (χ4n) is 2.56. The van der Waals surface area contributed by atoms with Gasteiger partial charge in [0, 0.05) is 42.6 Å². The lowest BCUT2D eigenvalue weighted by atomic mass is 10.2. The minimum atomic E-state index is -0.252. The first-order chi connectivity index (χ1) is 11.1. The van der Waals surface area contributed by atoms with Gasteiger partial charge in [-0.2, -0.15) is 0 Å². The number of piperazine rings is 1. The van der Waals surface area contributed by atoms with Crippen LogP contribution in [0.1, 0.15) is 0 Å². The summed E-state index contributed by atoms with van der Waals surface area (Å²) in [5.74, 6) is -0.252. The molecule has 0 aromatic heterocycles. The lowest BCUT2D eigenvalue weighted by Crippen LogP contribution is -2.50. The fraction of sp³-hybridized carbons (Fsp3) is 0.235. The van der Waals surface area contributed by atoms with Crippen LogP contribution >= 0.6 is 23.8 Å². The Hall–Kier alpha value is -1.85.